The molecule has 1 atom stereocenters. The van der Waals surface area contributed by atoms with Gasteiger partial charge in [0, 0.05) is 32.2 Å². The standard InChI is InChI=1S/C22H26N4O6/c27-19(18-13-31-16-7-3-4-8-17(16)32-18)24-11-9-23(10-12-24)14-25-20(28)21(29)26(22(25)30)15-5-1-2-6-15/h3-4,7-8,15,18H,1-2,5-6,9-14H2. The summed E-state index contributed by atoms with van der Waals surface area (Å²) < 4.78 is 11.5. The van der Waals surface area contributed by atoms with Crippen molar-refractivity contribution in [3.05, 3.63) is 24.3 Å². The molecule has 2 saturated heterocycles. The lowest BCUT2D eigenvalue weighted by Gasteiger charge is -2.37. The Hall–Kier alpha value is -3.14. The average molecular weight is 442 g/mol. The van der Waals surface area contributed by atoms with Gasteiger partial charge in [0.2, 0.25) is 6.10 Å². The molecule has 10 nitrogen and oxygen atoms in total. The Balaban J connectivity index is 1.15. The van der Waals surface area contributed by atoms with Gasteiger partial charge in [0.05, 0.1) is 6.67 Å². The van der Waals surface area contributed by atoms with Crippen LogP contribution in [0, 0.1) is 0 Å². The average Bonchev–Trinajstić information content (AvgIpc) is 3.42. The van der Waals surface area contributed by atoms with Gasteiger partial charge in [-0.3, -0.25) is 24.2 Å². The largest absolute Gasteiger partial charge is 0.485 e. The molecule has 1 saturated carbocycles. The van der Waals surface area contributed by atoms with Gasteiger partial charge in [-0.2, -0.15) is 0 Å². The predicted molar refractivity (Wildman–Crippen MR) is 111 cm³/mol. The number of amides is 5. The molecule has 1 aromatic rings. The molecule has 0 N–H and O–H groups in total. The summed E-state index contributed by atoms with van der Waals surface area (Å²) in [5, 5.41) is 0. The molecule has 170 valence electrons. The molecule has 0 spiro atoms. The molecule has 3 heterocycles. The molecule has 1 aliphatic carbocycles. The van der Waals surface area contributed by atoms with Gasteiger partial charge in [-0.05, 0) is 25.0 Å². The topological polar surface area (TPSA) is 99.7 Å². The molecule has 5 rings (SSSR count). The fourth-order valence-corrected chi connectivity index (χ4v) is 4.79. The summed E-state index contributed by atoms with van der Waals surface area (Å²) in [7, 11) is 0. The van der Waals surface area contributed by atoms with E-state index in [4.69, 9.17) is 9.47 Å². The molecule has 4 aliphatic rings. The maximum atomic E-state index is 12.9. The Kier molecular flexibility index (Phi) is 5.46. The molecule has 5 amide bonds. The minimum atomic E-state index is -0.758. The van der Waals surface area contributed by atoms with E-state index in [0.29, 0.717) is 37.7 Å². The van der Waals surface area contributed by atoms with Crippen molar-refractivity contribution in [2.45, 2.75) is 37.8 Å². The van der Waals surface area contributed by atoms with Crippen LogP contribution in [0.3, 0.4) is 0 Å². The van der Waals surface area contributed by atoms with Crippen molar-refractivity contribution in [1.82, 2.24) is 19.6 Å². The number of ether oxygens (including phenoxy) is 2. The van der Waals surface area contributed by atoms with Crippen molar-refractivity contribution in [3.8, 4) is 11.5 Å². The van der Waals surface area contributed by atoms with E-state index in [-0.39, 0.29) is 25.2 Å². The van der Waals surface area contributed by atoms with Gasteiger partial charge in [0.25, 0.3) is 5.91 Å². The van der Waals surface area contributed by atoms with Crippen LogP contribution in [-0.4, -0.2) is 95.0 Å². The molecule has 32 heavy (non-hydrogen) atoms. The summed E-state index contributed by atoms with van der Waals surface area (Å²) in [5.74, 6) is -0.437. The molecule has 0 aromatic heterocycles. The van der Waals surface area contributed by atoms with Gasteiger partial charge < -0.3 is 14.4 Å². The van der Waals surface area contributed by atoms with Gasteiger partial charge in [-0.1, -0.05) is 25.0 Å². The van der Waals surface area contributed by atoms with Crippen LogP contribution in [0.4, 0.5) is 4.79 Å². The van der Waals surface area contributed by atoms with Crippen molar-refractivity contribution in [2.75, 3.05) is 39.5 Å². The van der Waals surface area contributed by atoms with Crippen LogP contribution in [0.5, 0.6) is 11.5 Å². The lowest BCUT2D eigenvalue weighted by molar-refractivity contribution is -0.145. The minimum absolute atomic E-state index is 0.0606. The zero-order chi connectivity index (χ0) is 22.2. The Morgan fingerprint density at radius 3 is 2.34 bits per heavy atom. The number of carbonyl (C=O) groups is 4. The normalized spacial score (nSPS) is 24.6. The van der Waals surface area contributed by atoms with Crippen LogP contribution in [0.25, 0.3) is 0 Å². The van der Waals surface area contributed by atoms with E-state index >= 15 is 0 Å². The third-order valence-electron chi connectivity index (χ3n) is 6.58. The predicted octanol–water partition coefficient (Wildman–Crippen LogP) is 0.662. The first-order chi connectivity index (χ1) is 15.5. The second-order valence-corrected chi connectivity index (χ2v) is 8.58. The van der Waals surface area contributed by atoms with Gasteiger partial charge in [-0.15, -0.1) is 0 Å². The second kappa shape index (κ2) is 8.42. The fourth-order valence-electron chi connectivity index (χ4n) is 4.79. The van der Waals surface area contributed by atoms with Crippen LogP contribution >= 0.6 is 0 Å². The summed E-state index contributed by atoms with van der Waals surface area (Å²) >= 11 is 0. The van der Waals surface area contributed by atoms with E-state index in [9.17, 15) is 19.2 Å². The number of hydrogen-bond acceptors (Lipinski definition) is 7. The number of hydrogen-bond donors (Lipinski definition) is 0. The first-order valence-corrected chi connectivity index (χ1v) is 11.1. The van der Waals surface area contributed by atoms with E-state index in [1.807, 2.05) is 17.0 Å². The number of para-hydroxylation sites is 2. The van der Waals surface area contributed by atoms with E-state index in [1.54, 1.807) is 17.0 Å². The third kappa shape index (κ3) is 3.68. The molecular weight excluding hydrogens is 416 g/mol. The van der Waals surface area contributed by atoms with Gasteiger partial charge in [0.15, 0.2) is 11.5 Å². The van der Waals surface area contributed by atoms with Gasteiger partial charge in [0.1, 0.15) is 6.61 Å². The highest BCUT2D eigenvalue weighted by atomic mass is 16.6. The number of imide groups is 2. The van der Waals surface area contributed by atoms with E-state index < -0.39 is 23.9 Å². The van der Waals surface area contributed by atoms with E-state index in [2.05, 4.69) is 0 Å². The second-order valence-electron chi connectivity index (χ2n) is 8.58. The first kappa shape index (κ1) is 20.7. The molecule has 0 bridgehead atoms. The van der Waals surface area contributed by atoms with Crippen LogP contribution in [0.2, 0.25) is 0 Å². The summed E-state index contributed by atoms with van der Waals surface area (Å²) in [6.07, 6.45) is 2.75. The highest BCUT2D eigenvalue weighted by Gasteiger charge is 2.48. The fraction of sp³-hybridized carbons (Fsp3) is 0.545. The first-order valence-electron chi connectivity index (χ1n) is 11.1. The Morgan fingerprint density at radius 1 is 0.938 bits per heavy atom. The molecule has 1 unspecified atom stereocenters. The zero-order valence-electron chi connectivity index (χ0n) is 17.8. The summed E-state index contributed by atoms with van der Waals surface area (Å²) in [5.41, 5.74) is 0. The molecule has 0 radical (unpaired) electrons. The maximum absolute atomic E-state index is 12.9. The van der Waals surface area contributed by atoms with Crippen molar-refractivity contribution in [1.29, 1.82) is 0 Å². The minimum Gasteiger partial charge on any atom is -0.485 e. The van der Waals surface area contributed by atoms with Crippen molar-refractivity contribution in [3.63, 3.8) is 0 Å². The van der Waals surface area contributed by atoms with E-state index in [1.165, 1.54) is 0 Å². The highest BCUT2D eigenvalue weighted by molar-refractivity contribution is 6.44. The zero-order valence-corrected chi connectivity index (χ0v) is 17.8. The monoisotopic (exact) mass is 442 g/mol. The molecule has 3 fully saturated rings. The lowest BCUT2D eigenvalue weighted by atomic mass is 10.2. The van der Waals surface area contributed by atoms with Crippen LogP contribution in [-0.2, 0) is 14.4 Å². The quantitative estimate of drug-likeness (QED) is 0.499. The molecule has 3 aliphatic heterocycles. The van der Waals surface area contributed by atoms with Crippen molar-refractivity contribution in [2.24, 2.45) is 0 Å². The summed E-state index contributed by atoms with van der Waals surface area (Å²) in [4.78, 5) is 56.2. The van der Waals surface area contributed by atoms with Crippen LogP contribution in [0.15, 0.2) is 24.3 Å². The number of fused-ring (bicyclic) bond motifs is 1. The summed E-state index contributed by atoms with van der Waals surface area (Å²) in [6.45, 7) is 2.08. The maximum Gasteiger partial charge on any atom is 0.335 e. The highest BCUT2D eigenvalue weighted by Crippen LogP contribution is 2.31. The SMILES string of the molecule is O=C(C1COc2ccccc2O1)N1CCN(CN2C(=O)C(=O)N(C3CCCC3)C2=O)CC1. The Morgan fingerprint density at radius 2 is 1.62 bits per heavy atom. The molecular formula is C22H26N4O6. The van der Waals surface area contributed by atoms with Crippen LogP contribution < -0.4 is 9.47 Å². The van der Waals surface area contributed by atoms with Crippen molar-refractivity contribution < 1.29 is 28.7 Å². The Labute approximate surface area is 185 Å². The molecule has 1 aromatic carbocycles. The number of nitrogens with zero attached hydrogens (tertiary/aromatic N) is 4. The molecule has 10 heteroatoms. The number of piperazine rings is 1. The summed E-state index contributed by atoms with van der Waals surface area (Å²) in [6, 6.07) is 6.56. The number of carbonyl (C=O) groups excluding carboxylic acids is 4. The third-order valence-corrected chi connectivity index (χ3v) is 6.58. The lowest BCUT2D eigenvalue weighted by Crippen LogP contribution is -2.56. The van der Waals surface area contributed by atoms with Crippen molar-refractivity contribution >= 4 is 23.8 Å². The smallest absolute Gasteiger partial charge is 0.335 e. The van der Waals surface area contributed by atoms with Gasteiger partial charge >= 0.3 is 17.8 Å². The van der Waals surface area contributed by atoms with Crippen LogP contribution in [0.1, 0.15) is 25.7 Å². The number of benzene rings is 1. The van der Waals surface area contributed by atoms with E-state index in [0.717, 1.165) is 35.5 Å². The number of urea groups is 1. The van der Waals surface area contributed by atoms with Gasteiger partial charge in [-0.25, -0.2) is 9.69 Å². The Bertz CT molecular complexity index is 938. The number of rotatable bonds is 4.